The number of carboxylic acid groups (broad SMARTS) is 2. The second kappa shape index (κ2) is 18.0. The SMILES string of the molecule is O=C(CN1CCN=C1C(=O)[O-])OCC(O)O.O=C(CN1CCN=C1C(=O)[O-])OCC(O)O.[Na+].[Na+]. The minimum Gasteiger partial charge on any atom is -0.542 e. The number of hydrogen-bond donors (Lipinski definition) is 4. The molecule has 0 atom stereocenters. The fourth-order valence-corrected chi connectivity index (χ4v) is 2.40. The molecule has 0 spiro atoms. The molecule has 0 aromatic heterocycles. The molecule has 2 rings (SSSR count). The maximum absolute atomic E-state index is 11.1. The number of aliphatic imine (C=N–C) groups is 2. The Morgan fingerprint density at radius 3 is 1.35 bits per heavy atom. The van der Waals surface area contributed by atoms with Crippen LogP contribution >= 0.6 is 0 Å². The molecule has 180 valence electrons. The summed E-state index contributed by atoms with van der Waals surface area (Å²) in [6.45, 7) is -0.577. The van der Waals surface area contributed by atoms with Gasteiger partial charge in [0.2, 0.25) is 0 Å². The maximum atomic E-state index is 11.1. The molecule has 16 nitrogen and oxygen atoms in total. The number of rotatable bonds is 10. The molecule has 0 saturated carbocycles. The first-order valence-corrected chi connectivity index (χ1v) is 9.06. The van der Waals surface area contributed by atoms with Gasteiger partial charge in [-0.05, 0) is 0 Å². The Labute approximate surface area is 237 Å². The van der Waals surface area contributed by atoms with Crippen LogP contribution in [0.5, 0.6) is 0 Å². The first kappa shape index (κ1) is 34.8. The molecule has 0 saturated heterocycles. The van der Waals surface area contributed by atoms with E-state index in [-0.39, 0.29) is 97.0 Å². The van der Waals surface area contributed by atoms with Crippen LogP contribution in [0.25, 0.3) is 0 Å². The Bertz CT molecular complexity index is 700. The number of nitrogens with zero attached hydrogens (tertiary/aromatic N) is 4. The van der Waals surface area contributed by atoms with Crippen LogP contribution in [-0.4, -0.2) is 131 Å². The second-order valence-corrected chi connectivity index (χ2v) is 6.16. The van der Waals surface area contributed by atoms with Crippen molar-refractivity contribution in [1.82, 2.24) is 9.80 Å². The van der Waals surface area contributed by atoms with Crippen molar-refractivity contribution in [2.75, 3.05) is 52.5 Å². The van der Waals surface area contributed by atoms with Crippen LogP contribution in [0.1, 0.15) is 0 Å². The summed E-state index contributed by atoms with van der Waals surface area (Å²) in [4.78, 5) is 53.0. The average molecular weight is 508 g/mol. The smallest absolute Gasteiger partial charge is 0.542 e. The van der Waals surface area contributed by atoms with Gasteiger partial charge in [-0.2, -0.15) is 0 Å². The van der Waals surface area contributed by atoms with Crippen molar-refractivity contribution in [3.8, 4) is 0 Å². The quantitative estimate of drug-likeness (QED) is 0.122. The Kier molecular flexibility index (Phi) is 18.4. The van der Waals surface area contributed by atoms with Gasteiger partial charge in [-0.3, -0.25) is 19.6 Å². The van der Waals surface area contributed by atoms with E-state index in [1.807, 2.05) is 0 Å². The number of esters is 2. The van der Waals surface area contributed by atoms with Crippen molar-refractivity contribution in [3.63, 3.8) is 0 Å². The fraction of sp³-hybridized carbons (Fsp3) is 0.625. The average Bonchev–Trinajstić information content (AvgIpc) is 3.34. The van der Waals surface area contributed by atoms with E-state index in [0.717, 1.165) is 0 Å². The fourth-order valence-electron chi connectivity index (χ4n) is 2.40. The van der Waals surface area contributed by atoms with E-state index in [4.69, 9.17) is 20.4 Å². The molecule has 0 aromatic rings. The van der Waals surface area contributed by atoms with Gasteiger partial charge in [0.1, 0.15) is 49.9 Å². The van der Waals surface area contributed by atoms with E-state index in [1.165, 1.54) is 9.80 Å². The molecule has 34 heavy (non-hydrogen) atoms. The molecular weight excluding hydrogens is 486 g/mol. The zero-order valence-corrected chi connectivity index (χ0v) is 22.7. The van der Waals surface area contributed by atoms with Gasteiger partial charge in [-0.25, -0.2) is 0 Å². The van der Waals surface area contributed by atoms with Crippen LogP contribution in [0.15, 0.2) is 9.98 Å². The molecule has 18 heteroatoms. The normalized spacial score (nSPS) is 14.3. The van der Waals surface area contributed by atoms with Crippen LogP contribution < -0.4 is 69.3 Å². The zero-order chi connectivity index (χ0) is 24.3. The molecular formula is C16H22N4Na2O12. The predicted molar refractivity (Wildman–Crippen MR) is 96.1 cm³/mol. The van der Waals surface area contributed by atoms with Gasteiger partial charge in [0.15, 0.2) is 12.6 Å². The predicted octanol–water partition coefficient (Wildman–Crippen LogP) is -13.4. The van der Waals surface area contributed by atoms with Crippen LogP contribution in [0, 0.1) is 0 Å². The van der Waals surface area contributed by atoms with E-state index >= 15 is 0 Å². The van der Waals surface area contributed by atoms with Crippen molar-refractivity contribution in [1.29, 1.82) is 0 Å². The van der Waals surface area contributed by atoms with Gasteiger partial charge < -0.3 is 59.5 Å². The Morgan fingerprint density at radius 1 is 0.765 bits per heavy atom. The molecule has 0 aliphatic carbocycles. The molecule has 0 fully saturated rings. The van der Waals surface area contributed by atoms with Gasteiger partial charge in [0.25, 0.3) is 0 Å². The van der Waals surface area contributed by atoms with E-state index in [2.05, 4.69) is 19.5 Å². The first-order valence-electron chi connectivity index (χ1n) is 9.06. The number of carboxylic acids is 2. The van der Waals surface area contributed by atoms with Crippen molar-refractivity contribution < 1.29 is 118 Å². The number of carbonyl (C=O) groups is 4. The minimum absolute atomic E-state index is 0. The third-order valence-corrected chi connectivity index (χ3v) is 3.65. The molecule has 2 aliphatic heterocycles. The van der Waals surface area contributed by atoms with Gasteiger partial charge in [-0.1, -0.05) is 0 Å². The third-order valence-electron chi connectivity index (χ3n) is 3.65. The Balaban J connectivity index is 0. The zero-order valence-electron chi connectivity index (χ0n) is 18.7. The summed E-state index contributed by atoms with van der Waals surface area (Å²) in [6.07, 6.45) is -3.48. The number of carbonyl (C=O) groups excluding carboxylic acids is 4. The second-order valence-electron chi connectivity index (χ2n) is 6.16. The van der Waals surface area contributed by atoms with Crippen molar-refractivity contribution >= 4 is 35.5 Å². The van der Waals surface area contributed by atoms with Crippen molar-refractivity contribution in [2.24, 2.45) is 9.98 Å². The molecule has 2 aliphatic rings. The molecule has 0 radical (unpaired) electrons. The van der Waals surface area contributed by atoms with Crippen LogP contribution in [0.4, 0.5) is 0 Å². The van der Waals surface area contributed by atoms with E-state index in [1.54, 1.807) is 0 Å². The molecule has 0 bridgehead atoms. The van der Waals surface area contributed by atoms with Crippen LogP contribution in [-0.2, 0) is 28.7 Å². The monoisotopic (exact) mass is 508 g/mol. The van der Waals surface area contributed by atoms with Gasteiger partial charge in [-0.15, -0.1) is 0 Å². The van der Waals surface area contributed by atoms with Crippen LogP contribution in [0.3, 0.4) is 0 Å². The molecule has 0 aromatic carbocycles. The number of ether oxygens (including phenoxy) is 2. The summed E-state index contributed by atoms with van der Waals surface area (Å²) in [7, 11) is 0. The summed E-state index contributed by atoms with van der Waals surface area (Å²) in [5.41, 5.74) is 0. The summed E-state index contributed by atoms with van der Waals surface area (Å²) < 4.78 is 8.89. The van der Waals surface area contributed by atoms with Gasteiger partial charge >= 0.3 is 71.1 Å². The van der Waals surface area contributed by atoms with Crippen molar-refractivity contribution in [3.05, 3.63) is 0 Å². The molecule has 2 heterocycles. The summed E-state index contributed by atoms with van der Waals surface area (Å²) >= 11 is 0. The van der Waals surface area contributed by atoms with E-state index < -0.39 is 49.7 Å². The minimum atomic E-state index is -1.74. The van der Waals surface area contributed by atoms with Gasteiger partial charge in [0, 0.05) is 13.1 Å². The first-order chi connectivity index (χ1) is 15.0. The number of aliphatic hydroxyl groups is 4. The topological polar surface area (TPSA) is 245 Å². The molecule has 0 unspecified atom stereocenters. The van der Waals surface area contributed by atoms with E-state index in [9.17, 15) is 29.4 Å². The van der Waals surface area contributed by atoms with Gasteiger partial charge in [0.05, 0.1) is 13.1 Å². The van der Waals surface area contributed by atoms with Crippen LogP contribution in [0.2, 0.25) is 0 Å². The standard InChI is InChI=1S/2C8H12N2O6.2Na/c2*11-5(12)4-16-6(13)3-10-2-1-9-7(10)8(14)15;;/h2*5,11-12H,1-4H2,(H,14,15);;/q;;2*+1/p-2. The number of aliphatic carboxylic acids is 2. The summed E-state index contributed by atoms with van der Waals surface area (Å²) in [6, 6.07) is 0. The van der Waals surface area contributed by atoms with E-state index in [0.29, 0.717) is 13.1 Å². The largest absolute Gasteiger partial charge is 1.00 e. The Hall–Kier alpha value is -1.34. The number of hydrogen-bond acceptors (Lipinski definition) is 16. The maximum Gasteiger partial charge on any atom is 1.00 e. The third kappa shape index (κ3) is 13.5. The number of amidine groups is 2. The summed E-state index contributed by atoms with van der Waals surface area (Å²) in [5.74, 6) is -5.00. The summed E-state index contributed by atoms with van der Waals surface area (Å²) in [5, 5.41) is 54.8. The molecule has 0 amide bonds. The number of aliphatic hydroxyl groups excluding tert-OH is 2. The molecule has 4 N–H and O–H groups in total. The Morgan fingerprint density at radius 2 is 1.09 bits per heavy atom. The van der Waals surface area contributed by atoms with Crippen molar-refractivity contribution in [2.45, 2.75) is 12.6 Å².